The van der Waals surface area contributed by atoms with Gasteiger partial charge in [0.15, 0.2) is 5.76 Å². The van der Waals surface area contributed by atoms with Crippen molar-refractivity contribution < 1.29 is 9.21 Å². The molecule has 0 bridgehead atoms. The van der Waals surface area contributed by atoms with E-state index in [2.05, 4.69) is 37.5 Å². The molecule has 2 aromatic rings. The van der Waals surface area contributed by atoms with Crippen LogP contribution < -0.4 is 11.3 Å². The van der Waals surface area contributed by atoms with E-state index in [-0.39, 0.29) is 5.76 Å². The predicted molar refractivity (Wildman–Crippen MR) is 86.0 cm³/mol. The molecule has 5 heteroatoms. The summed E-state index contributed by atoms with van der Waals surface area (Å²) in [4.78, 5) is 11.4. The van der Waals surface area contributed by atoms with E-state index < -0.39 is 5.91 Å². The van der Waals surface area contributed by atoms with Gasteiger partial charge in [-0.2, -0.15) is 11.8 Å². The molecule has 0 saturated carbocycles. The minimum absolute atomic E-state index is 0.261. The van der Waals surface area contributed by atoms with Crippen molar-refractivity contribution in [3.8, 4) is 0 Å². The van der Waals surface area contributed by atoms with Gasteiger partial charge in [-0.3, -0.25) is 10.2 Å². The monoisotopic (exact) mass is 304 g/mol. The summed E-state index contributed by atoms with van der Waals surface area (Å²) in [5.74, 6) is 7.47. The zero-order valence-corrected chi connectivity index (χ0v) is 13.3. The van der Waals surface area contributed by atoms with Crippen molar-refractivity contribution in [2.75, 3.05) is 0 Å². The normalized spacial score (nSPS) is 10.7. The number of nitrogens with one attached hydrogen (secondary N) is 1. The van der Waals surface area contributed by atoms with Gasteiger partial charge in [-0.25, -0.2) is 5.84 Å². The van der Waals surface area contributed by atoms with Gasteiger partial charge in [0.05, 0.1) is 0 Å². The average molecular weight is 304 g/mol. The molecule has 0 unspecified atom stereocenters. The van der Waals surface area contributed by atoms with Gasteiger partial charge < -0.3 is 4.42 Å². The number of hydrogen-bond acceptors (Lipinski definition) is 4. The molecule has 0 fully saturated rings. The van der Waals surface area contributed by atoms with Crippen molar-refractivity contribution in [2.45, 2.75) is 32.3 Å². The maximum atomic E-state index is 11.4. The third-order valence-corrected chi connectivity index (χ3v) is 4.24. The fraction of sp³-hybridized carbons (Fsp3) is 0.312. The Balaban J connectivity index is 1.97. The van der Waals surface area contributed by atoms with E-state index in [0.29, 0.717) is 0 Å². The molecule has 1 heterocycles. The van der Waals surface area contributed by atoms with Gasteiger partial charge in [-0.1, -0.05) is 29.3 Å². The van der Waals surface area contributed by atoms with Gasteiger partial charge in [0.1, 0.15) is 5.76 Å². The molecule has 2 rings (SSSR count). The maximum absolute atomic E-state index is 11.4. The van der Waals surface area contributed by atoms with Gasteiger partial charge in [0, 0.05) is 17.1 Å². The lowest BCUT2D eigenvalue weighted by atomic mass is 10.1. The third kappa shape index (κ3) is 4.12. The van der Waals surface area contributed by atoms with Crippen LogP contribution >= 0.6 is 11.8 Å². The Morgan fingerprint density at radius 3 is 2.43 bits per heavy atom. The number of hydrogen-bond donors (Lipinski definition) is 2. The number of nitrogens with two attached hydrogens (primary N) is 1. The summed E-state index contributed by atoms with van der Waals surface area (Å²) < 4.78 is 5.40. The first-order valence-corrected chi connectivity index (χ1v) is 7.90. The van der Waals surface area contributed by atoms with Crippen LogP contribution in [0.15, 0.2) is 28.7 Å². The second-order valence-electron chi connectivity index (χ2n) is 5.15. The van der Waals surface area contributed by atoms with Gasteiger partial charge in [0.25, 0.3) is 0 Å². The first kappa shape index (κ1) is 15.7. The van der Waals surface area contributed by atoms with Gasteiger partial charge in [-0.05, 0) is 32.4 Å². The maximum Gasteiger partial charge on any atom is 0.300 e. The van der Waals surface area contributed by atoms with Crippen LogP contribution in [0.3, 0.4) is 0 Å². The number of benzene rings is 1. The lowest BCUT2D eigenvalue weighted by Gasteiger charge is -2.04. The molecule has 0 atom stereocenters. The molecular weight excluding hydrogens is 284 g/mol. The molecule has 3 N–H and O–H groups in total. The van der Waals surface area contributed by atoms with Crippen LogP contribution in [-0.2, 0) is 11.5 Å². The number of amides is 1. The number of furan rings is 1. The van der Waals surface area contributed by atoms with Crippen LogP contribution in [0.2, 0.25) is 0 Å². The topological polar surface area (TPSA) is 68.3 Å². The summed E-state index contributed by atoms with van der Waals surface area (Å²) in [5, 5.41) is 0. The van der Waals surface area contributed by atoms with E-state index in [4.69, 9.17) is 10.3 Å². The van der Waals surface area contributed by atoms with Crippen molar-refractivity contribution in [1.82, 2.24) is 5.43 Å². The Hall–Kier alpha value is -1.72. The Morgan fingerprint density at radius 2 is 1.81 bits per heavy atom. The second-order valence-corrected chi connectivity index (χ2v) is 6.14. The van der Waals surface area contributed by atoms with E-state index in [1.165, 1.54) is 16.7 Å². The standard InChI is InChI=1S/C16H20N2O2S/c1-10-4-11(2)6-13(5-10)8-21-9-14-7-15(16(19)18-17)20-12(14)3/h4-7H,8-9,17H2,1-3H3,(H,18,19). The van der Waals surface area contributed by atoms with Crippen LogP contribution in [0.1, 0.15) is 38.6 Å². The number of nitrogen functional groups attached to an aromatic ring is 1. The molecular formula is C16H20N2O2S. The summed E-state index contributed by atoms with van der Waals surface area (Å²) >= 11 is 1.80. The van der Waals surface area contributed by atoms with Crippen LogP contribution in [0.25, 0.3) is 0 Å². The lowest BCUT2D eigenvalue weighted by molar-refractivity contribution is 0.0924. The lowest BCUT2D eigenvalue weighted by Crippen LogP contribution is -2.29. The molecule has 0 aliphatic carbocycles. The van der Waals surface area contributed by atoms with Crippen molar-refractivity contribution in [3.63, 3.8) is 0 Å². The summed E-state index contributed by atoms with van der Waals surface area (Å²) in [7, 11) is 0. The Kier molecular flexibility index (Phi) is 5.09. The first-order chi connectivity index (χ1) is 9.99. The number of carbonyl (C=O) groups excluding carboxylic acids is 1. The van der Waals surface area contributed by atoms with E-state index in [9.17, 15) is 4.79 Å². The molecule has 21 heavy (non-hydrogen) atoms. The number of rotatable bonds is 5. The molecule has 0 spiro atoms. The fourth-order valence-corrected chi connectivity index (χ4v) is 3.29. The quantitative estimate of drug-likeness (QED) is 0.505. The van der Waals surface area contributed by atoms with Crippen molar-refractivity contribution in [1.29, 1.82) is 0 Å². The summed E-state index contributed by atoms with van der Waals surface area (Å²) in [6, 6.07) is 8.34. The van der Waals surface area contributed by atoms with Crippen molar-refractivity contribution in [2.24, 2.45) is 5.84 Å². The molecule has 1 aromatic carbocycles. The van der Waals surface area contributed by atoms with Crippen molar-refractivity contribution in [3.05, 3.63) is 58.0 Å². The summed E-state index contributed by atoms with van der Waals surface area (Å²) in [6.45, 7) is 6.08. The zero-order valence-electron chi connectivity index (χ0n) is 12.5. The third-order valence-electron chi connectivity index (χ3n) is 3.18. The molecule has 1 aromatic heterocycles. The minimum atomic E-state index is -0.399. The Labute approximate surface area is 129 Å². The summed E-state index contributed by atoms with van der Waals surface area (Å²) in [5.41, 5.74) is 6.99. The van der Waals surface area contributed by atoms with Gasteiger partial charge in [0.2, 0.25) is 0 Å². The largest absolute Gasteiger partial charge is 0.456 e. The number of hydrazine groups is 1. The highest BCUT2D eigenvalue weighted by Gasteiger charge is 2.13. The van der Waals surface area contributed by atoms with Gasteiger partial charge in [-0.15, -0.1) is 0 Å². The fourth-order valence-electron chi connectivity index (χ4n) is 2.28. The molecule has 1 amide bonds. The molecule has 0 saturated heterocycles. The predicted octanol–water partition coefficient (Wildman–Crippen LogP) is 3.24. The first-order valence-electron chi connectivity index (χ1n) is 6.74. The highest BCUT2D eigenvalue weighted by atomic mass is 32.2. The molecule has 0 aliphatic heterocycles. The second kappa shape index (κ2) is 6.83. The number of thioether (sulfide) groups is 1. The molecule has 0 radical (unpaired) electrons. The smallest absolute Gasteiger partial charge is 0.300 e. The Morgan fingerprint density at radius 1 is 1.14 bits per heavy atom. The van der Waals surface area contributed by atoms with E-state index in [1.807, 2.05) is 6.92 Å². The van der Waals surface area contributed by atoms with Crippen LogP contribution in [-0.4, -0.2) is 5.91 Å². The average Bonchev–Trinajstić information content (AvgIpc) is 2.78. The molecule has 0 aliphatic rings. The number of carbonyl (C=O) groups is 1. The molecule has 4 nitrogen and oxygen atoms in total. The van der Waals surface area contributed by atoms with E-state index in [1.54, 1.807) is 17.8 Å². The molecule has 112 valence electrons. The van der Waals surface area contributed by atoms with Crippen LogP contribution in [0.4, 0.5) is 0 Å². The zero-order chi connectivity index (χ0) is 15.4. The number of aryl methyl sites for hydroxylation is 3. The highest BCUT2D eigenvalue weighted by Crippen LogP contribution is 2.23. The van der Waals surface area contributed by atoms with E-state index >= 15 is 0 Å². The Bertz CT molecular complexity index is 629. The van der Waals surface area contributed by atoms with Gasteiger partial charge >= 0.3 is 5.91 Å². The van der Waals surface area contributed by atoms with Crippen LogP contribution in [0.5, 0.6) is 0 Å². The minimum Gasteiger partial charge on any atom is -0.456 e. The SMILES string of the molecule is Cc1cc(C)cc(CSCc2cc(C(=O)NN)oc2C)c1. The van der Waals surface area contributed by atoms with Crippen molar-refractivity contribution >= 4 is 17.7 Å². The highest BCUT2D eigenvalue weighted by molar-refractivity contribution is 7.97. The van der Waals surface area contributed by atoms with Crippen LogP contribution in [0, 0.1) is 20.8 Å². The van der Waals surface area contributed by atoms with E-state index in [0.717, 1.165) is 22.8 Å². The summed E-state index contributed by atoms with van der Waals surface area (Å²) in [6.07, 6.45) is 0.